The lowest BCUT2D eigenvalue weighted by atomic mass is 9.76. The zero-order chi connectivity index (χ0) is 14.4. The van der Waals surface area contributed by atoms with Crippen LogP contribution >= 0.6 is 0 Å². The Kier molecular flexibility index (Phi) is 6.08. The van der Waals surface area contributed by atoms with Gasteiger partial charge in [-0.05, 0) is 31.1 Å². The van der Waals surface area contributed by atoms with Gasteiger partial charge in [-0.1, -0.05) is 46.0 Å². The number of hydrogen-bond donors (Lipinski definition) is 1. The third-order valence-corrected chi connectivity index (χ3v) is 4.75. The Morgan fingerprint density at radius 2 is 2.00 bits per heavy atom. The Labute approximate surface area is 123 Å². The third kappa shape index (κ3) is 4.08. The first-order valence-electron chi connectivity index (χ1n) is 8.45. The summed E-state index contributed by atoms with van der Waals surface area (Å²) >= 11 is 0. The standard InChI is InChI=1S/C17H30N2O/c1-3-5-6-14-7-9-15(10-8-14)17(20)16-12-18-19(13-16)11-4-2/h12-15,17,20H,3-11H2,1-2H3. The highest BCUT2D eigenvalue weighted by molar-refractivity contribution is 5.09. The maximum absolute atomic E-state index is 10.5. The van der Waals surface area contributed by atoms with E-state index in [2.05, 4.69) is 18.9 Å². The van der Waals surface area contributed by atoms with Crippen LogP contribution in [0, 0.1) is 11.8 Å². The van der Waals surface area contributed by atoms with Gasteiger partial charge in [0, 0.05) is 18.3 Å². The maximum Gasteiger partial charge on any atom is 0.0848 e. The fourth-order valence-electron chi connectivity index (χ4n) is 3.44. The lowest BCUT2D eigenvalue weighted by molar-refractivity contribution is 0.0719. The zero-order valence-corrected chi connectivity index (χ0v) is 13.1. The Morgan fingerprint density at radius 1 is 1.25 bits per heavy atom. The SMILES string of the molecule is CCCCC1CCC(C(O)c2cnn(CCC)c2)CC1. The maximum atomic E-state index is 10.5. The van der Waals surface area contributed by atoms with Crippen molar-refractivity contribution in [3.05, 3.63) is 18.0 Å². The van der Waals surface area contributed by atoms with Crippen molar-refractivity contribution in [2.45, 2.75) is 77.9 Å². The summed E-state index contributed by atoms with van der Waals surface area (Å²) in [6.45, 7) is 5.36. The number of aliphatic hydroxyl groups is 1. The van der Waals surface area contributed by atoms with Crippen LogP contribution in [0.15, 0.2) is 12.4 Å². The highest BCUT2D eigenvalue weighted by Gasteiger charge is 2.27. The molecule has 1 saturated carbocycles. The zero-order valence-electron chi connectivity index (χ0n) is 13.1. The summed E-state index contributed by atoms with van der Waals surface area (Å²) in [5, 5.41) is 14.9. The first-order valence-corrected chi connectivity index (χ1v) is 8.45. The number of aromatic nitrogens is 2. The molecule has 0 aliphatic heterocycles. The second kappa shape index (κ2) is 7.82. The minimum absolute atomic E-state index is 0.312. The van der Waals surface area contributed by atoms with Crippen molar-refractivity contribution >= 4 is 0 Å². The molecule has 0 saturated heterocycles. The molecule has 114 valence electrons. The minimum atomic E-state index is -0.312. The highest BCUT2D eigenvalue weighted by atomic mass is 16.3. The van der Waals surface area contributed by atoms with Crippen molar-refractivity contribution < 1.29 is 5.11 Å². The Morgan fingerprint density at radius 3 is 2.65 bits per heavy atom. The number of hydrogen-bond acceptors (Lipinski definition) is 2. The quantitative estimate of drug-likeness (QED) is 0.806. The fourth-order valence-corrected chi connectivity index (χ4v) is 3.44. The molecule has 2 rings (SSSR count). The van der Waals surface area contributed by atoms with E-state index >= 15 is 0 Å². The average molecular weight is 278 g/mol. The predicted octanol–water partition coefficient (Wildman–Crippen LogP) is 4.32. The van der Waals surface area contributed by atoms with E-state index in [1.807, 2.05) is 17.1 Å². The second-order valence-corrected chi connectivity index (χ2v) is 6.40. The minimum Gasteiger partial charge on any atom is -0.388 e. The Bertz CT molecular complexity index is 380. The molecule has 1 N–H and O–H groups in total. The van der Waals surface area contributed by atoms with Gasteiger partial charge in [0.2, 0.25) is 0 Å². The molecular formula is C17H30N2O. The van der Waals surface area contributed by atoms with E-state index in [4.69, 9.17) is 0 Å². The molecule has 0 amide bonds. The molecule has 1 unspecified atom stereocenters. The van der Waals surface area contributed by atoms with E-state index in [0.29, 0.717) is 5.92 Å². The van der Waals surface area contributed by atoms with Crippen molar-refractivity contribution in [2.24, 2.45) is 11.8 Å². The van der Waals surface area contributed by atoms with Crippen LogP contribution in [0.4, 0.5) is 0 Å². The first kappa shape index (κ1) is 15.6. The van der Waals surface area contributed by atoms with Gasteiger partial charge >= 0.3 is 0 Å². The summed E-state index contributed by atoms with van der Waals surface area (Å²) in [4.78, 5) is 0. The van der Waals surface area contributed by atoms with E-state index in [1.54, 1.807) is 0 Å². The van der Waals surface area contributed by atoms with Gasteiger partial charge in [-0.25, -0.2) is 0 Å². The van der Waals surface area contributed by atoms with E-state index in [9.17, 15) is 5.11 Å². The normalized spacial score (nSPS) is 24.8. The van der Waals surface area contributed by atoms with Gasteiger partial charge in [-0.15, -0.1) is 0 Å². The van der Waals surface area contributed by atoms with Gasteiger partial charge in [-0.2, -0.15) is 5.10 Å². The molecule has 1 aliphatic carbocycles. The fraction of sp³-hybridized carbons (Fsp3) is 0.824. The molecule has 1 heterocycles. The Balaban J connectivity index is 1.82. The molecule has 1 fully saturated rings. The molecule has 1 aromatic heterocycles. The van der Waals surface area contributed by atoms with E-state index in [1.165, 1.54) is 44.9 Å². The van der Waals surface area contributed by atoms with Crippen LogP contribution in [0.25, 0.3) is 0 Å². The monoisotopic (exact) mass is 278 g/mol. The molecule has 0 aromatic carbocycles. The van der Waals surface area contributed by atoms with Crippen LogP contribution in [-0.4, -0.2) is 14.9 Å². The molecule has 20 heavy (non-hydrogen) atoms. The molecule has 1 aromatic rings. The van der Waals surface area contributed by atoms with Gasteiger partial charge in [0.25, 0.3) is 0 Å². The average Bonchev–Trinajstić information content (AvgIpc) is 2.94. The Hall–Kier alpha value is -0.830. The predicted molar refractivity (Wildman–Crippen MR) is 82.5 cm³/mol. The van der Waals surface area contributed by atoms with Crippen LogP contribution in [0.2, 0.25) is 0 Å². The van der Waals surface area contributed by atoms with Gasteiger partial charge in [-0.3, -0.25) is 4.68 Å². The molecule has 0 radical (unpaired) electrons. The van der Waals surface area contributed by atoms with Gasteiger partial charge < -0.3 is 5.11 Å². The lowest BCUT2D eigenvalue weighted by Crippen LogP contribution is -2.20. The lowest BCUT2D eigenvalue weighted by Gasteiger charge is -2.31. The van der Waals surface area contributed by atoms with Crippen LogP contribution < -0.4 is 0 Å². The van der Waals surface area contributed by atoms with Crippen molar-refractivity contribution in [1.29, 1.82) is 0 Å². The number of nitrogens with zero attached hydrogens (tertiary/aromatic N) is 2. The largest absolute Gasteiger partial charge is 0.388 e. The topological polar surface area (TPSA) is 38.1 Å². The summed E-state index contributed by atoms with van der Waals surface area (Å²) in [6, 6.07) is 0. The van der Waals surface area contributed by atoms with Gasteiger partial charge in [0.1, 0.15) is 0 Å². The van der Waals surface area contributed by atoms with Crippen LogP contribution in [0.1, 0.15) is 76.9 Å². The smallest absolute Gasteiger partial charge is 0.0848 e. The van der Waals surface area contributed by atoms with E-state index in [0.717, 1.165) is 24.4 Å². The number of rotatable bonds is 7. The third-order valence-electron chi connectivity index (χ3n) is 4.75. The highest BCUT2D eigenvalue weighted by Crippen LogP contribution is 2.38. The summed E-state index contributed by atoms with van der Waals surface area (Å²) in [6.07, 6.45) is 13.6. The van der Waals surface area contributed by atoms with E-state index < -0.39 is 0 Å². The van der Waals surface area contributed by atoms with Crippen LogP contribution in [0.3, 0.4) is 0 Å². The molecule has 0 spiro atoms. The summed E-state index contributed by atoms with van der Waals surface area (Å²) in [5.41, 5.74) is 1.01. The summed E-state index contributed by atoms with van der Waals surface area (Å²) in [5.74, 6) is 1.34. The molecule has 3 nitrogen and oxygen atoms in total. The molecule has 1 atom stereocenters. The van der Waals surface area contributed by atoms with Crippen LogP contribution in [0.5, 0.6) is 0 Å². The summed E-state index contributed by atoms with van der Waals surface area (Å²) in [7, 11) is 0. The van der Waals surface area contributed by atoms with Gasteiger partial charge in [0.05, 0.1) is 12.3 Å². The molecular weight excluding hydrogens is 248 g/mol. The van der Waals surface area contributed by atoms with Crippen LogP contribution in [-0.2, 0) is 6.54 Å². The number of unbranched alkanes of at least 4 members (excludes halogenated alkanes) is 1. The van der Waals surface area contributed by atoms with Crippen molar-refractivity contribution in [3.63, 3.8) is 0 Å². The number of aliphatic hydroxyl groups excluding tert-OH is 1. The van der Waals surface area contributed by atoms with Gasteiger partial charge in [0.15, 0.2) is 0 Å². The van der Waals surface area contributed by atoms with Crippen molar-refractivity contribution in [1.82, 2.24) is 9.78 Å². The molecule has 3 heteroatoms. The summed E-state index contributed by atoms with van der Waals surface area (Å²) < 4.78 is 1.95. The second-order valence-electron chi connectivity index (χ2n) is 6.40. The molecule has 0 bridgehead atoms. The molecule has 1 aliphatic rings. The number of aryl methyl sites for hydroxylation is 1. The van der Waals surface area contributed by atoms with Crippen molar-refractivity contribution in [2.75, 3.05) is 0 Å². The van der Waals surface area contributed by atoms with Crippen molar-refractivity contribution in [3.8, 4) is 0 Å². The first-order chi connectivity index (χ1) is 9.74. The van der Waals surface area contributed by atoms with E-state index in [-0.39, 0.29) is 6.10 Å².